The van der Waals surface area contributed by atoms with Crippen LogP contribution in [0, 0.1) is 0 Å². The topological polar surface area (TPSA) is 61.2 Å². The summed E-state index contributed by atoms with van der Waals surface area (Å²) in [5.74, 6) is -0.819. The minimum absolute atomic E-state index is 0.105. The van der Waals surface area contributed by atoms with Crippen molar-refractivity contribution in [1.29, 1.82) is 0 Å². The van der Waals surface area contributed by atoms with Crippen molar-refractivity contribution in [3.05, 3.63) is 63.5 Å². The van der Waals surface area contributed by atoms with Crippen LogP contribution in [0.1, 0.15) is 10.6 Å². The van der Waals surface area contributed by atoms with Crippen LogP contribution in [-0.4, -0.2) is 15.5 Å². The number of pyridine rings is 1. The lowest BCUT2D eigenvalue weighted by atomic mass is 10.3. The van der Waals surface area contributed by atoms with Gasteiger partial charge < -0.3 is 9.30 Å². The Hall–Kier alpha value is -2.68. The molecule has 0 atom stereocenters. The average molecular weight is 368 g/mol. The largest absolute Gasteiger partial charge is 0.457 e. The summed E-state index contributed by atoms with van der Waals surface area (Å²) in [6, 6.07) is 8.82. The normalized spacial score (nSPS) is 11.6. The number of fused-ring (bicyclic) bond motifs is 1. The minimum atomic E-state index is -4.60. The van der Waals surface area contributed by atoms with Crippen molar-refractivity contribution >= 4 is 27.5 Å². The number of carbonyl (C=O) groups excluding carboxylic acids is 1. The zero-order valence-electron chi connectivity index (χ0n) is 12.6. The number of benzene rings is 1. The molecular formula is C16H11F3N2O3S. The predicted octanol–water partition coefficient (Wildman–Crippen LogP) is 3.22. The van der Waals surface area contributed by atoms with E-state index >= 15 is 0 Å². The number of halogens is 3. The average Bonchev–Trinajstić information content (AvgIpc) is 2.97. The molecule has 0 saturated heterocycles. The lowest BCUT2D eigenvalue weighted by Gasteiger charge is -2.10. The third-order valence-corrected chi connectivity index (χ3v) is 4.31. The van der Waals surface area contributed by atoms with E-state index in [-0.39, 0.29) is 6.61 Å². The first-order valence-electron chi connectivity index (χ1n) is 7.11. The van der Waals surface area contributed by atoms with E-state index in [1.54, 1.807) is 0 Å². The maximum atomic E-state index is 12.7. The van der Waals surface area contributed by atoms with Crippen LogP contribution in [0.25, 0.3) is 10.2 Å². The molecule has 0 aliphatic carbocycles. The second-order valence-electron chi connectivity index (χ2n) is 5.12. The molecule has 5 nitrogen and oxygen atoms in total. The van der Waals surface area contributed by atoms with E-state index in [0.29, 0.717) is 21.8 Å². The highest BCUT2D eigenvalue weighted by Gasteiger charge is 2.31. The van der Waals surface area contributed by atoms with Gasteiger partial charge in [0.25, 0.3) is 5.56 Å². The summed E-state index contributed by atoms with van der Waals surface area (Å²) in [6.45, 7) is -0.709. The highest BCUT2D eigenvalue weighted by molar-refractivity contribution is 7.18. The Morgan fingerprint density at radius 3 is 2.68 bits per heavy atom. The molecule has 0 fully saturated rings. The molecule has 3 rings (SSSR count). The third-order valence-electron chi connectivity index (χ3n) is 3.31. The van der Waals surface area contributed by atoms with Gasteiger partial charge in [0.15, 0.2) is 0 Å². The van der Waals surface area contributed by atoms with Crippen molar-refractivity contribution in [2.24, 2.45) is 0 Å². The van der Waals surface area contributed by atoms with Gasteiger partial charge in [-0.05, 0) is 18.2 Å². The van der Waals surface area contributed by atoms with Crippen molar-refractivity contribution in [1.82, 2.24) is 9.55 Å². The van der Waals surface area contributed by atoms with Crippen molar-refractivity contribution in [3.8, 4) is 0 Å². The lowest BCUT2D eigenvalue weighted by Crippen LogP contribution is -2.26. The quantitative estimate of drug-likeness (QED) is 0.664. The number of esters is 1. The Kier molecular flexibility index (Phi) is 4.58. The fraction of sp³-hybridized carbons (Fsp3) is 0.188. The molecule has 0 aliphatic rings. The van der Waals surface area contributed by atoms with Gasteiger partial charge >= 0.3 is 12.1 Å². The molecular weight excluding hydrogens is 357 g/mol. The molecule has 0 radical (unpaired) electrons. The summed E-state index contributed by atoms with van der Waals surface area (Å²) in [4.78, 5) is 27.7. The van der Waals surface area contributed by atoms with Gasteiger partial charge in [-0.2, -0.15) is 13.2 Å². The molecule has 3 aromatic rings. The summed E-state index contributed by atoms with van der Waals surface area (Å²) >= 11 is 1.35. The summed E-state index contributed by atoms with van der Waals surface area (Å²) in [5, 5.41) is 0.561. The van der Waals surface area contributed by atoms with Gasteiger partial charge in [0, 0.05) is 12.3 Å². The third kappa shape index (κ3) is 4.05. The fourth-order valence-corrected chi connectivity index (χ4v) is 3.01. The van der Waals surface area contributed by atoms with Gasteiger partial charge in [-0.1, -0.05) is 12.1 Å². The van der Waals surface area contributed by atoms with Crippen LogP contribution < -0.4 is 5.56 Å². The summed E-state index contributed by atoms with van der Waals surface area (Å²) in [7, 11) is 0. The molecule has 0 spiro atoms. The Morgan fingerprint density at radius 1 is 1.20 bits per heavy atom. The van der Waals surface area contributed by atoms with Gasteiger partial charge in [-0.15, -0.1) is 11.3 Å². The lowest BCUT2D eigenvalue weighted by molar-refractivity contribution is -0.146. The molecule has 0 amide bonds. The molecule has 2 heterocycles. The summed E-state index contributed by atoms with van der Waals surface area (Å²) in [5.41, 5.74) is -0.955. The maximum absolute atomic E-state index is 12.7. The van der Waals surface area contributed by atoms with Crippen molar-refractivity contribution < 1.29 is 22.7 Å². The van der Waals surface area contributed by atoms with E-state index in [0.717, 1.165) is 16.3 Å². The van der Waals surface area contributed by atoms with Crippen LogP contribution in [-0.2, 0) is 28.9 Å². The monoisotopic (exact) mass is 368 g/mol. The zero-order chi connectivity index (χ0) is 18.0. The van der Waals surface area contributed by atoms with Crippen molar-refractivity contribution in [2.75, 3.05) is 0 Å². The SMILES string of the molecule is O=C(Cn1cc(C(F)(F)F)ccc1=O)OCc1nc2ccccc2s1. The van der Waals surface area contributed by atoms with Gasteiger partial charge in [0.05, 0.1) is 15.8 Å². The zero-order valence-corrected chi connectivity index (χ0v) is 13.4. The number of aromatic nitrogens is 2. The fourth-order valence-electron chi connectivity index (χ4n) is 2.13. The number of para-hydroxylation sites is 1. The Balaban J connectivity index is 1.67. The van der Waals surface area contributed by atoms with Gasteiger partial charge in [-0.25, -0.2) is 4.98 Å². The van der Waals surface area contributed by atoms with E-state index in [9.17, 15) is 22.8 Å². The number of ether oxygens (including phenoxy) is 1. The van der Waals surface area contributed by atoms with Crippen LogP contribution in [0.4, 0.5) is 13.2 Å². The van der Waals surface area contributed by atoms with Crippen LogP contribution in [0.15, 0.2) is 47.4 Å². The molecule has 25 heavy (non-hydrogen) atoms. The van der Waals surface area contributed by atoms with Crippen LogP contribution in [0.5, 0.6) is 0 Å². The van der Waals surface area contributed by atoms with Gasteiger partial charge in [0.1, 0.15) is 18.2 Å². The molecule has 9 heteroatoms. The van der Waals surface area contributed by atoms with E-state index in [4.69, 9.17) is 4.74 Å². The first-order valence-corrected chi connectivity index (χ1v) is 7.92. The number of carbonyl (C=O) groups is 1. The second kappa shape index (κ2) is 6.67. The standard InChI is InChI=1S/C16H11F3N2O3S/c17-16(18,19)10-5-6-14(22)21(7-10)8-15(23)24-9-13-20-11-3-1-2-4-12(11)25-13/h1-7H,8-9H2. The number of hydrogen-bond donors (Lipinski definition) is 0. The molecule has 1 aromatic carbocycles. The highest BCUT2D eigenvalue weighted by atomic mass is 32.1. The van der Waals surface area contributed by atoms with Crippen molar-refractivity contribution in [2.45, 2.75) is 19.3 Å². The molecule has 0 saturated carbocycles. The van der Waals surface area contributed by atoms with Gasteiger partial charge in [-0.3, -0.25) is 9.59 Å². The summed E-state index contributed by atoms with van der Waals surface area (Å²) < 4.78 is 44.6. The Bertz CT molecular complexity index is 945. The number of alkyl halides is 3. The smallest absolute Gasteiger partial charge is 0.417 e. The predicted molar refractivity (Wildman–Crippen MR) is 85.1 cm³/mol. The highest BCUT2D eigenvalue weighted by Crippen LogP contribution is 2.28. The Morgan fingerprint density at radius 2 is 1.96 bits per heavy atom. The van der Waals surface area contributed by atoms with Gasteiger partial charge in [0.2, 0.25) is 0 Å². The first kappa shape index (κ1) is 17.2. The molecule has 0 unspecified atom stereocenters. The van der Waals surface area contributed by atoms with E-state index in [1.807, 2.05) is 24.3 Å². The molecule has 2 aromatic heterocycles. The molecule has 0 bridgehead atoms. The van der Waals surface area contributed by atoms with Crippen LogP contribution in [0.3, 0.4) is 0 Å². The van der Waals surface area contributed by atoms with Crippen LogP contribution in [0.2, 0.25) is 0 Å². The van der Waals surface area contributed by atoms with E-state index in [2.05, 4.69) is 4.98 Å². The Labute approximate surface area is 143 Å². The number of hydrogen-bond acceptors (Lipinski definition) is 5. The van der Waals surface area contributed by atoms with E-state index < -0.39 is 29.8 Å². The summed E-state index contributed by atoms with van der Waals surface area (Å²) in [6.07, 6.45) is -4.00. The minimum Gasteiger partial charge on any atom is -0.457 e. The molecule has 0 aliphatic heterocycles. The van der Waals surface area contributed by atoms with Crippen molar-refractivity contribution in [3.63, 3.8) is 0 Å². The maximum Gasteiger partial charge on any atom is 0.417 e. The molecule has 0 N–H and O–H groups in total. The van der Waals surface area contributed by atoms with E-state index in [1.165, 1.54) is 11.3 Å². The van der Waals surface area contributed by atoms with Crippen LogP contribution >= 0.6 is 11.3 Å². The number of nitrogens with zero attached hydrogens (tertiary/aromatic N) is 2. The molecule has 130 valence electrons. The number of rotatable bonds is 4. The second-order valence-corrected chi connectivity index (χ2v) is 6.23. The number of thiazole rings is 1. The first-order chi connectivity index (χ1) is 11.8.